The molecular formula is C60H89N11O26. The van der Waals surface area contributed by atoms with Gasteiger partial charge in [0.15, 0.2) is 30.5 Å². The highest BCUT2D eigenvalue weighted by molar-refractivity contribution is 5.96. The quantitative estimate of drug-likeness (QED) is 0.0246. The Morgan fingerprint density at radius 3 is 1.95 bits per heavy atom. The molecule has 3 saturated heterocycles. The molecule has 5 aliphatic rings. The van der Waals surface area contributed by atoms with Gasteiger partial charge in [0.1, 0.15) is 122 Å². The third kappa shape index (κ3) is 19.1. The van der Waals surface area contributed by atoms with E-state index in [2.05, 4.69) is 36.6 Å². The van der Waals surface area contributed by atoms with E-state index in [4.69, 9.17) is 50.4 Å². The third-order valence-corrected chi connectivity index (χ3v) is 17.1. The van der Waals surface area contributed by atoms with E-state index in [1.807, 2.05) is 13.8 Å². The van der Waals surface area contributed by atoms with Crippen molar-refractivity contribution in [1.82, 2.24) is 31.5 Å². The molecule has 0 saturated carbocycles. The van der Waals surface area contributed by atoms with Crippen molar-refractivity contribution in [2.45, 2.75) is 199 Å². The zero-order chi connectivity index (χ0) is 71.3. The molecule has 5 aliphatic heterocycles. The third-order valence-electron chi connectivity index (χ3n) is 17.1. The van der Waals surface area contributed by atoms with E-state index in [9.17, 15) is 94.8 Å². The molecule has 2 aromatic carbocycles. The molecule has 540 valence electrons. The van der Waals surface area contributed by atoms with E-state index in [1.54, 1.807) is 37.3 Å². The normalized spacial score (nSPS) is 31.3. The zero-order valence-electron chi connectivity index (χ0n) is 53.3. The van der Waals surface area contributed by atoms with Crippen LogP contribution in [0.2, 0.25) is 0 Å². The Hall–Kier alpha value is -7.41. The number of hydrogen-bond donors (Lipinski definition) is 20. The number of aliphatic hydroxyl groups is 12. The number of hydrogen-bond acceptors (Lipinski definition) is 33. The summed E-state index contributed by atoms with van der Waals surface area (Å²) < 4.78 is 39.6. The van der Waals surface area contributed by atoms with Crippen LogP contribution >= 0.6 is 0 Å². The van der Waals surface area contributed by atoms with Crippen LogP contribution in [0.3, 0.4) is 0 Å². The number of nitrogens with zero attached hydrogens (tertiary/aromatic N) is 3. The van der Waals surface area contributed by atoms with Crippen LogP contribution in [0, 0.1) is 5.92 Å². The van der Waals surface area contributed by atoms with Gasteiger partial charge in [-0.1, -0.05) is 63.2 Å². The van der Waals surface area contributed by atoms with Crippen molar-refractivity contribution in [3.8, 4) is 5.75 Å². The average molecular weight is 1380 g/mol. The Labute approximate surface area is 555 Å². The molecule has 37 nitrogen and oxygen atoms in total. The van der Waals surface area contributed by atoms with Crippen molar-refractivity contribution >= 4 is 53.8 Å². The summed E-state index contributed by atoms with van der Waals surface area (Å²) in [4.78, 5) is 104. The molecule has 23 N–H and O–H groups in total. The fourth-order valence-electron chi connectivity index (χ4n) is 11.4. The SMILES string of the molecule is CC(=O)OCC1OC(OC2C(CO)OC(Oc3ccc(C[C@H](NC(=O)[C@@H](N)C(C)c4ccccc4)C(=O)N[C@H](C(=O)N[C@H](C(=O)N[C@H](C=O)CO)C(O)C4CN=C(N)N4C4OC(CO)C(O)C(O)C4O)C(O)C4CN=C(N)N4)cc3)C(O)C2O)C(O)C(OC(=O)CCC(C)C)C1O. The molecule has 20 unspecified atom stereocenters. The highest BCUT2D eigenvalue weighted by atomic mass is 16.7. The molecule has 7 rings (SSSR count). The summed E-state index contributed by atoms with van der Waals surface area (Å²) in [5, 5.41) is 144. The lowest BCUT2D eigenvalue weighted by molar-refractivity contribution is -0.353. The second-order valence-electron chi connectivity index (χ2n) is 24.5. The topological polar surface area (TPSA) is 593 Å². The summed E-state index contributed by atoms with van der Waals surface area (Å²) >= 11 is 0. The standard InChI is InChI=1S/C60H89N11O26/c1-24(2)10-15-37(77)96-51-44(81)36(23-91-26(4)76)95-58(49(51)86)97-50-35(22-75)94-57(48(85)46(50)83)92-30-13-11-27(12-14-30)16-31(67-53(88)38(61)25(3)28-8-6-5-7-9-28)52(87)69-39(41(78)32-17-64-59(62)68-32)55(90)70-40(54(89)66-29(19-72)20-73)42(79)33-18-65-60(63)71(33)56-47(84)45(82)43(80)34(21-74)93-56/h5-9,11-14,19,24-25,29,31-36,38-51,56-58,73-75,78-86H,10,15-18,20-23,61H2,1-4H3,(H2,63,65)(H,66,89)(H,67,88)(H,69,87)(H,70,90)(H3,62,64,68)/t25?,29-,31+,32?,33?,34?,35?,36?,38+,39+,40+,41?,42?,43?,44?,45?,46?,47?,48?,49?,50?,51?,56?,57?,58?/m1/s1. The van der Waals surface area contributed by atoms with E-state index in [0.717, 1.165) is 11.8 Å². The van der Waals surface area contributed by atoms with E-state index >= 15 is 0 Å². The van der Waals surface area contributed by atoms with Crippen molar-refractivity contribution in [2.24, 2.45) is 33.1 Å². The first-order valence-corrected chi connectivity index (χ1v) is 31.3. The van der Waals surface area contributed by atoms with Crippen LogP contribution in [-0.4, -0.2) is 306 Å². The van der Waals surface area contributed by atoms with E-state index in [1.165, 1.54) is 24.3 Å². The maximum absolute atomic E-state index is 15.0. The molecule has 3 fully saturated rings. The molecule has 0 bridgehead atoms. The van der Waals surface area contributed by atoms with E-state index in [-0.39, 0.29) is 42.4 Å². The van der Waals surface area contributed by atoms with E-state index < -0.39 is 233 Å². The summed E-state index contributed by atoms with van der Waals surface area (Å²) in [5.74, 6) is -7.74. The molecule has 4 amide bonds. The predicted molar refractivity (Wildman–Crippen MR) is 330 cm³/mol. The largest absolute Gasteiger partial charge is 0.463 e. The van der Waals surface area contributed by atoms with Crippen LogP contribution in [0.5, 0.6) is 5.75 Å². The number of aldehydes is 1. The highest BCUT2D eigenvalue weighted by Crippen LogP contribution is 2.33. The Morgan fingerprint density at radius 2 is 1.34 bits per heavy atom. The number of benzene rings is 2. The first-order valence-electron chi connectivity index (χ1n) is 31.3. The molecule has 2 aromatic rings. The number of aliphatic imine (C=N–C) groups is 2. The van der Waals surface area contributed by atoms with Crippen LogP contribution in [-0.2, 0) is 68.4 Å². The molecule has 0 aromatic heterocycles. The number of guanidine groups is 2. The molecule has 0 radical (unpaired) electrons. The second kappa shape index (κ2) is 34.9. The van der Waals surface area contributed by atoms with Crippen molar-refractivity contribution in [2.75, 3.05) is 39.5 Å². The number of ether oxygens (including phenoxy) is 7. The van der Waals surface area contributed by atoms with Gasteiger partial charge >= 0.3 is 11.9 Å². The van der Waals surface area contributed by atoms with Gasteiger partial charge in [0.25, 0.3) is 0 Å². The minimum atomic E-state index is -2.27. The minimum Gasteiger partial charge on any atom is -0.463 e. The zero-order valence-corrected chi connectivity index (χ0v) is 53.3. The summed E-state index contributed by atoms with van der Waals surface area (Å²) in [6.45, 7) is 2.25. The smallest absolute Gasteiger partial charge is 0.306 e. The van der Waals surface area contributed by atoms with Crippen LogP contribution in [0.15, 0.2) is 64.6 Å². The van der Waals surface area contributed by atoms with Crippen LogP contribution in [0.1, 0.15) is 57.6 Å². The van der Waals surface area contributed by atoms with Crippen molar-refractivity contribution < 1.29 is 128 Å². The molecular weight excluding hydrogens is 1290 g/mol. The van der Waals surface area contributed by atoms with Gasteiger partial charge in [-0.15, -0.1) is 0 Å². The predicted octanol–water partition coefficient (Wildman–Crippen LogP) is -10.1. The van der Waals surface area contributed by atoms with Gasteiger partial charge in [-0.05, 0) is 35.6 Å². The van der Waals surface area contributed by atoms with Crippen molar-refractivity contribution in [3.63, 3.8) is 0 Å². The lowest BCUT2D eigenvalue weighted by Crippen LogP contribution is -2.70. The lowest BCUT2D eigenvalue weighted by atomic mass is 9.93. The second-order valence-corrected chi connectivity index (χ2v) is 24.5. The van der Waals surface area contributed by atoms with Gasteiger partial charge in [0.05, 0.1) is 51.0 Å². The maximum Gasteiger partial charge on any atom is 0.306 e. The molecule has 5 heterocycles. The summed E-state index contributed by atoms with van der Waals surface area (Å²) in [6, 6.07) is 1.99. The van der Waals surface area contributed by atoms with Crippen molar-refractivity contribution in [1.29, 1.82) is 0 Å². The summed E-state index contributed by atoms with van der Waals surface area (Å²) in [6.07, 6.45) is -31.2. The Bertz CT molecular complexity index is 3030. The average Bonchev–Trinajstić information content (AvgIpc) is 1.74. The number of nitrogens with one attached hydrogen (secondary N) is 5. The number of amides is 4. The Morgan fingerprint density at radius 1 is 0.701 bits per heavy atom. The monoisotopic (exact) mass is 1380 g/mol. The Balaban J connectivity index is 1.13. The highest BCUT2D eigenvalue weighted by Gasteiger charge is 2.55. The fourth-order valence-corrected chi connectivity index (χ4v) is 11.4. The summed E-state index contributed by atoms with van der Waals surface area (Å²) in [7, 11) is 0. The molecule has 0 spiro atoms. The number of esters is 2. The molecule has 25 atom stereocenters. The van der Waals surface area contributed by atoms with Gasteiger partial charge in [0, 0.05) is 25.7 Å². The minimum absolute atomic E-state index is 0.0666. The number of nitrogens with two attached hydrogens (primary N) is 3. The Kier molecular flexibility index (Phi) is 27.7. The lowest BCUT2D eigenvalue weighted by Gasteiger charge is -2.46. The fraction of sp³-hybridized carbons (Fsp3) is 0.650. The van der Waals surface area contributed by atoms with Crippen LogP contribution < -0.4 is 48.5 Å². The number of carbonyl (C=O) groups is 7. The maximum atomic E-state index is 15.0. The first-order chi connectivity index (χ1) is 46.0. The molecule has 97 heavy (non-hydrogen) atoms. The molecule has 0 aliphatic carbocycles. The number of carbonyl (C=O) groups excluding carboxylic acids is 7. The number of aliphatic hydroxyl groups excluding tert-OH is 12. The van der Waals surface area contributed by atoms with Gasteiger partial charge in [-0.2, -0.15) is 0 Å². The van der Waals surface area contributed by atoms with Gasteiger partial charge in [0.2, 0.25) is 29.9 Å². The summed E-state index contributed by atoms with van der Waals surface area (Å²) in [5.41, 5.74) is 19.5. The van der Waals surface area contributed by atoms with E-state index in [0.29, 0.717) is 12.0 Å². The first kappa shape index (κ1) is 76.9. The van der Waals surface area contributed by atoms with Crippen molar-refractivity contribution in [3.05, 3.63) is 65.7 Å². The number of rotatable bonds is 31. The van der Waals surface area contributed by atoms with Gasteiger partial charge < -0.3 is 148 Å². The molecule has 37 heteroatoms. The van der Waals surface area contributed by atoms with Gasteiger partial charge in [-0.25, -0.2) is 0 Å². The van der Waals surface area contributed by atoms with Crippen LogP contribution in [0.25, 0.3) is 0 Å². The van der Waals surface area contributed by atoms with Crippen LogP contribution in [0.4, 0.5) is 0 Å². The van der Waals surface area contributed by atoms with Gasteiger partial charge in [-0.3, -0.25) is 38.8 Å².